The summed E-state index contributed by atoms with van der Waals surface area (Å²) in [6.07, 6.45) is 3.11. The molecule has 5 heteroatoms. The van der Waals surface area contributed by atoms with Crippen molar-refractivity contribution in [3.05, 3.63) is 0 Å². The molecular formula is C12H17NO4. The number of amides is 2. The Morgan fingerprint density at radius 1 is 1.29 bits per heavy atom. The summed E-state index contributed by atoms with van der Waals surface area (Å²) in [7, 11) is 0. The van der Waals surface area contributed by atoms with E-state index in [2.05, 4.69) is 0 Å². The summed E-state index contributed by atoms with van der Waals surface area (Å²) in [5.41, 5.74) is -1.02. The third kappa shape index (κ3) is 1.68. The average molecular weight is 239 g/mol. The van der Waals surface area contributed by atoms with Crippen molar-refractivity contribution in [2.24, 2.45) is 11.8 Å². The van der Waals surface area contributed by atoms with Gasteiger partial charge in [-0.15, -0.1) is 0 Å². The van der Waals surface area contributed by atoms with Crippen molar-refractivity contribution in [2.75, 3.05) is 19.8 Å². The van der Waals surface area contributed by atoms with Crippen LogP contribution in [0.3, 0.4) is 0 Å². The molecule has 3 fully saturated rings. The molecule has 2 aliphatic heterocycles. The number of imide groups is 1. The van der Waals surface area contributed by atoms with Gasteiger partial charge in [0.2, 0.25) is 11.8 Å². The number of fused-ring (bicyclic) bond motifs is 1. The van der Waals surface area contributed by atoms with Gasteiger partial charge in [-0.1, -0.05) is 6.42 Å². The second kappa shape index (κ2) is 3.78. The summed E-state index contributed by atoms with van der Waals surface area (Å²) >= 11 is 0. The van der Waals surface area contributed by atoms with Gasteiger partial charge in [-0.2, -0.15) is 0 Å². The van der Waals surface area contributed by atoms with Crippen LogP contribution in [0.25, 0.3) is 0 Å². The molecule has 94 valence electrons. The fourth-order valence-electron chi connectivity index (χ4n) is 3.23. The van der Waals surface area contributed by atoms with Crippen LogP contribution in [-0.2, 0) is 14.3 Å². The van der Waals surface area contributed by atoms with Crippen molar-refractivity contribution in [1.29, 1.82) is 0 Å². The predicted molar refractivity (Wildman–Crippen MR) is 57.9 cm³/mol. The lowest BCUT2D eigenvalue weighted by Crippen LogP contribution is -2.46. The fourth-order valence-corrected chi connectivity index (χ4v) is 3.23. The van der Waals surface area contributed by atoms with Crippen molar-refractivity contribution in [3.63, 3.8) is 0 Å². The number of rotatable bonds is 2. The summed E-state index contributed by atoms with van der Waals surface area (Å²) in [5, 5.41) is 10.2. The minimum Gasteiger partial charge on any atom is -0.386 e. The van der Waals surface area contributed by atoms with Gasteiger partial charge in [-0.25, -0.2) is 0 Å². The van der Waals surface area contributed by atoms with Crippen molar-refractivity contribution < 1.29 is 19.4 Å². The SMILES string of the molecule is O=C1C2CCCC2C(=O)N1CC1(O)CCOC1. The van der Waals surface area contributed by atoms with Gasteiger partial charge >= 0.3 is 0 Å². The molecule has 2 saturated heterocycles. The van der Waals surface area contributed by atoms with Crippen LogP contribution in [0, 0.1) is 11.8 Å². The third-order valence-electron chi connectivity index (χ3n) is 4.22. The molecule has 1 saturated carbocycles. The van der Waals surface area contributed by atoms with Gasteiger partial charge in [0.15, 0.2) is 0 Å². The number of carbonyl (C=O) groups is 2. The topological polar surface area (TPSA) is 66.8 Å². The van der Waals surface area contributed by atoms with Crippen LogP contribution >= 0.6 is 0 Å². The van der Waals surface area contributed by atoms with Crippen LogP contribution in [0.1, 0.15) is 25.7 Å². The van der Waals surface area contributed by atoms with Gasteiger partial charge in [0.05, 0.1) is 25.0 Å². The quantitative estimate of drug-likeness (QED) is 0.685. The first-order chi connectivity index (χ1) is 8.11. The number of likely N-dealkylation sites (tertiary alicyclic amines) is 1. The maximum absolute atomic E-state index is 12.1. The molecule has 3 atom stereocenters. The molecule has 1 N–H and O–H groups in total. The summed E-state index contributed by atoms with van der Waals surface area (Å²) in [4.78, 5) is 25.4. The number of aliphatic hydroxyl groups is 1. The zero-order chi connectivity index (χ0) is 12.0. The minimum absolute atomic E-state index is 0.0853. The molecule has 0 aromatic carbocycles. The Hall–Kier alpha value is -0.940. The number of hydrogen-bond donors (Lipinski definition) is 1. The first-order valence-corrected chi connectivity index (χ1v) is 6.26. The molecule has 5 nitrogen and oxygen atoms in total. The Labute approximate surface area is 99.7 Å². The summed E-state index contributed by atoms with van der Waals surface area (Å²) in [5.74, 6) is -0.405. The molecule has 0 bridgehead atoms. The Morgan fingerprint density at radius 2 is 1.94 bits per heavy atom. The lowest BCUT2D eigenvalue weighted by molar-refractivity contribution is -0.144. The van der Waals surface area contributed by atoms with E-state index in [1.54, 1.807) is 0 Å². The van der Waals surface area contributed by atoms with Gasteiger partial charge in [-0.05, 0) is 12.8 Å². The first-order valence-electron chi connectivity index (χ1n) is 6.26. The molecular weight excluding hydrogens is 222 g/mol. The fraction of sp³-hybridized carbons (Fsp3) is 0.833. The summed E-state index contributed by atoms with van der Waals surface area (Å²) in [6, 6.07) is 0. The van der Waals surface area contributed by atoms with E-state index < -0.39 is 5.60 Å². The van der Waals surface area contributed by atoms with Crippen LogP contribution in [0.5, 0.6) is 0 Å². The first kappa shape index (κ1) is 11.2. The molecule has 2 amide bonds. The molecule has 3 rings (SSSR count). The second-order valence-corrected chi connectivity index (χ2v) is 5.43. The molecule has 3 aliphatic rings. The highest BCUT2D eigenvalue weighted by molar-refractivity contribution is 6.05. The number of hydrogen-bond acceptors (Lipinski definition) is 4. The molecule has 0 aromatic rings. The van der Waals surface area contributed by atoms with E-state index in [1.807, 2.05) is 0 Å². The summed E-state index contributed by atoms with van der Waals surface area (Å²) in [6.45, 7) is 0.830. The van der Waals surface area contributed by atoms with Crippen LogP contribution < -0.4 is 0 Å². The van der Waals surface area contributed by atoms with Crippen molar-refractivity contribution in [1.82, 2.24) is 4.90 Å². The maximum Gasteiger partial charge on any atom is 0.233 e. The Bertz CT molecular complexity index is 340. The number of β-amino-alcohol motifs (C(OH)–C–C–N with tert-alkyl or cyclic N) is 1. The molecule has 2 heterocycles. The molecule has 0 aromatic heterocycles. The normalized spacial score (nSPS) is 41.4. The van der Waals surface area contributed by atoms with Crippen LogP contribution in [0.4, 0.5) is 0 Å². The van der Waals surface area contributed by atoms with Gasteiger partial charge in [0.25, 0.3) is 0 Å². The smallest absolute Gasteiger partial charge is 0.233 e. The van der Waals surface area contributed by atoms with E-state index >= 15 is 0 Å². The zero-order valence-electron chi connectivity index (χ0n) is 9.72. The van der Waals surface area contributed by atoms with E-state index in [9.17, 15) is 14.7 Å². The summed E-state index contributed by atoms with van der Waals surface area (Å²) < 4.78 is 5.14. The monoisotopic (exact) mass is 239 g/mol. The van der Waals surface area contributed by atoms with Crippen molar-refractivity contribution in [3.8, 4) is 0 Å². The predicted octanol–water partition coefficient (Wildman–Crippen LogP) is -0.0771. The van der Waals surface area contributed by atoms with Gasteiger partial charge in [-0.3, -0.25) is 14.5 Å². The van der Waals surface area contributed by atoms with Crippen LogP contribution in [0.2, 0.25) is 0 Å². The van der Waals surface area contributed by atoms with Crippen LogP contribution in [-0.4, -0.2) is 47.2 Å². The highest BCUT2D eigenvalue weighted by Gasteiger charge is 2.51. The van der Waals surface area contributed by atoms with E-state index in [-0.39, 0.29) is 36.8 Å². The number of carbonyl (C=O) groups excluding carboxylic acids is 2. The number of ether oxygens (including phenoxy) is 1. The lowest BCUT2D eigenvalue weighted by atomic mass is 10.00. The molecule has 0 spiro atoms. The van der Waals surface area contributed by atoms with Gasteiger partial charge in [0, 0.05) is 13.0 Å². The minimum atomic E-state index is -1.02. The van der Waals surface area contributed by atoms with E-state index in [4.69, 9.17) is 4.74 Å². The Balaban J connectivity index is 1.75. The van der Waals surface area contributed by atoms with Gasteiger partial charge in [0.1, 0.15) is 5.60 Å². The standard InChI is InChI=1S/C12H17NO4/c14-10-8-2-1-3-9(8)11(15)13(10)6-12(16)4-5-17-7-12/h8-9,16H,1-7H2. The maximum atomic E-state index is 12.1. The third-order valence-corrected chi connectivity index (χ3v) is 4.22. The second-order valence-electron chi connectivity index (χ2n) is 5.43. The van der Waals surface area contributed by atoms with E-state index in [0.717, 1.165) is 19.3 Å². The largest absolute Gasteiger partial charge is 0.386 e. The zero-order valence-corrected chi connectivity index (χ0v) is 9.72. The van der Waals surface area contributed by atoms with E-state index in [0.29, 0.717) is 13.0 Å². The number of nitrogens with zero attached hydrogens (tertiary/aromatic N) is 1. The van der Waals surface area contributed by atoms with Crippen molar-refractivity contribution in [2.45, 2.75) is 31.3 Å². The van der Waals surface area contributed by atoms with Gasteiger partial charge < -0.3 is 9.84 Å². The molecule has 0 radical (unpaired) electrons. The average Bonchev–Trinajstić information content (AvgIpc) is 2.96. The van der Waals surface area contributed by atoms with Crippen molar-refractivity contribution >= 4 is 11.8 Å². The molecule has 3 unspecified atom stereocenters. The highest BCUT2D eigenvalue weighted by Crippen LogP contribution is 2.40. The highest BCUT2D eigenvalue weighted by atomic mass is 16.5. The van der Waals surface area contributed by atoms with Crippen LogP contribution in [0.15, 0.2) is 0 Å². The molecule has 17 heavy (non-hydrogen) atoms. The Morgan fingerprint density at radius 3 is 2.47 bits per heavy atom. The lowest BCUT2D eigenvalue weighted by Gasteiger charge is -2.26. The Kier molecular flexibility index (Phi) is 2.48. The molecule has 1 aliphatic carbocycles. The van der Waals surface area contributed by atoms with E-state index in [1.165, 1.54) is 4.90 Å².